The summed E-state index contributed by atoms with van der Waals surface area (Å²) in [6, 6.07) is 16.0. The number of benzene rings is 3. The second-order valence-corrected chi connectivity index (χ2v) is 12.1. The van der Waals surface area contributed by atoms with Crippen molar-refractivity contribution in [3.63, 3.8) is 0 Å². The van der Waals surface area contributed by atoms with E-state index in [1.807, 2.05) is 30.3 Å². The number of hydrogen-bond donors (Lipinski definition) is 1. The standard InChI is InChI=1S/C29H31Cl2F2N3O4S/c1-3-34-29(38)27(16-20-8-5-4-6-9-20)35(19-21-11-12-22(30)17-24(21)31)28(37)10-7-15-36(41(2,39)40)23-13-14-25(32)26(33)18-23/h4-6,8-9,11-14,17-18,27H,3,7,10,15-16,19H2,1-2H3,(H,34,38). The summed E-state index contributed by atoms with van der Waals surface area (Å²) in [7, 11) is -3.88. The Kier molecular flexibility index (Phi) is 11.5. The maximum atomic E-state index is 13.8. The Labute approximate surface area is 249 Å². The van der Waals surface area contributed by atoms with Gasteiger partial charge in [-0.05, 0) is 48.7 Å². The molecule has 0 radical (unpaired) electrons. The van der Waals surface area contributed by atoms with Crippen molar-refractivity contribution in [3.8, 4) is 0 Å². The van der Waals surface area contributed by atoms with Gasteiger partial charge in [0.15, 0.2) is 11.6 Å². The highest BCUT2D eigenvalue weighted by atomic mass is 35.5. The van der Waals surface area contributed by atoms with Gasteiger partial charge in [-0.3, -0.25) is 13.9 Å². The fourth-order valence-corrected chi connectivity index (χ4v) is 5.75. The summed E-state index contributed by atoms with van der Waals surface area (Å²) in [5, 5.41) is 3.54. The molecule has 0 aliphatic carbocycles. The Hall–Kier alpha value is -3.21. The second-order valence-electron chi connectivity index (χ2n) is 9.39. The lowest BCUT2D eigenvalue weighted by Crippen LogP contribution is -2.50. The lowest BCUT2D eigenvalue weighted by atomic mass is 10.0. The second kappa shape index (κ2) is 14.6. The zero-order valence-corrected chi connectivity index (χ0v) is 24.9. The molecule has 0 saturated carbocycles. The van der Waals surface area contributed by atoms with E-state index in [4.69, 9.17) is 23.2 Å². The number of halogens is 4. The van der Waals surface area contributed by atoms with Crippen LogP contribution in [0.2, 0.25) is 10.0 Å². The number of carbonyl (C=O) groups is 2. The van der Waals surface area contributed by atoms with Crippen molar-refractivity contribution in [2.45, 2.75) is 38.8 Å². The summed E-state index contributed by atoms with van der Waals surface area (Å²) < 4.78 is 53.1. The van der Waals surface area contributed by atoms with Gasteiger partial charge in [0.2, 0.25) is 21.8 Å². The van der Waals surface area contributed by atoms with Crippen molar-refractivity contribution in [1.29, 1.82) is 0 Å². The number of likely N-dealkylation sites (N-methyl/N-ethyl adjacent to an activating group) is 1. The van der Waals surface area contributed by atoms with Gasteiger partial charge in [0.05, 0.1) is 11.9 Å². The van der Waals surface area contributed by atoms with Gasteiger partial charge in [0.25, 0.3) is 0 Å². The SMILES string of the molecule is CCNC(=O)C(Cc1ccccc1)N(Cc1ccc(Cl)cc1Cl)C(=O)CCCN(c1ccc(F)c(F)c1)S(C)(=O)=O. The summed E-state index contributed by atoms with van der Waals surface area (Å²) in [6.45, 7) is 1.96. The van der Waals surface area contributed by atoms with Crippen molar-refractivity contribution >= 4 is 50.7 Å². The number of nitrogens with one attached hydrogen (secondary N) is 1. The maximum absolute atomic E-state index is 13.8. The van der Waals surface area contributed by atoms with Crippen molar-refractivity contribution in [2.75, 3.05) is 23.7 Å². The van der Waals surface area contributed by atoms with Crippen molar-refractivity contribution in [1.82, 2.24) is 10.2 Å². The van der Waals surface area contributed by atoms with Crippen LogP contribution in [-0.4, -0.2) is 50.5 Å². The summed E-state index contributed by atoms with van der Waals surface area (Å²) in [5.74, 6) is -3.07. The summed E-state index contributed by atoms with van der Waals surface area (Å²) >= 11 is 12.5. The molecular formula is C29H31Cl2F2N3O4S. The minimum Gasteiger partial charge on any atom is -0.355 e. The van der Waals surface area contributed by atoms with E-state index < -0.39 is 33.6 Å². The molecule has 0 aromatic heterocycles. The van der Waals surface area contributed by atoms with Crippen LogP contribution in [0.5, 0.6) is 0 Å². The molecule has 2 amide bonds. The van der Waals surface area contributed by atoms with Crippen LogP contribution >= 0.6 is 23.2 Å². The van der Waals surface area contributed by atoms with E-state index in [1.165, 1.54) is 4.90 Å². The van der Waals surface area contributed by atoms with E-state index in [2.05, 4.69) is 5.32 Å². The highest BCUT2D eigenvalue weighted by Gasteiger charge is 2.31. The molecule has 0 spiro atoms. The number of sulfonamides is 1. The lowest BCUT2D eigenvalue weighted by Gasteiger charge is -2.32. The number of nitrogens with zero attached hydrogens (tertiary/aromatic N) is 2. The molecule has 1 N–H and O–H groups in total. The van der Waals surface area contributed by atoms with E-state index in [-0.39, 0.29) is 43.9 Å². The maximum Gasteiger partial charge on any atom is 0.243 e. The molecule has 0 bridgehead atoms. The molecule has 41 heavy (non-hydrogen) atoms. The van der Waals surface area contributed by atoms with Crippen LogP contribution in [0.1, 0.15) is 30.9 Å². The number of anilines is 1. The molecule has 0 fully saturated rings. The summed E-state index contributed by atoms with van der Waals surface area (Å²) in [5.41, 5.74) is 1.35. The molecule has 0 aliphatic rings. The van der Waals surface area contributed by atoms with Gasteiger partial charge in [-0.1, -0.05) is 59.6 Å². The Morgan fingerprint density at radius 3 is 2.29 bits per heavy atom. The topological polar surface area (TPSA) is 86.8 Å². The Balaban J connectivity index is 1.89. The molecule has 3 rings (SSSR count). The molecule has 12 heteroatoms. The van der Waals surface area contributed by atoms with E-state index in [9.17, 15) is 26.8 Å². The van der Waals surface area contributed by atoms with Crippen molar-refractivity contribution in [3.05, 3.63) is 99.5 Å². The third-order valence-corrected chi connectivity index (χ3v) is 8.10. The molecule has 1 unspecified atom stereocenters. The molecular weight excluding hydrogens is 595 g/mol. The summed E-state index contributed by atoms with van der Waals surface area (Å²) in [4.78, 5) is 28.4. The molecule has 0 aliphatic heterocycles. The lowest BCUT2D eigenvalue weighted by molar-refractivity contribution is -0.141. The number of carbonyl (C=O) groups excluding carboxylic acids is 2. The number of hydrogen-bond acceptors (Lipinski definition) is 4. The first kappa shape index (κ1) is 32.3. The van der Waals surface area contributed by atoms with Gasteiger partial charge < -0.3 is 10.2 Å². The fourth-order valence-electron chi connectivity index (χ4n) is 4.32. The first-order valence-electron chi connectivity index (χ1n) is 12.9. The average Bonchev–Trinajstić information content (AvgIpc) is 2.91. The minimum atomic E-state index is -3.88. The Bertz CT molecular complexity index is 1480. The van der Waals surface area contributed by atoms with E-state index in [0.29, 0.717) is 22.2 Å². The molecule has 1 atom stereocenters. The van der Waals surface area contributed by atoms with Gasteiger partial charge in [0.1, 0.15) is 6.04 Å². The normalized spacial score (nSPS) is 12.0. The summed E-state index contributed by atoms with van der Waals surface area (Å²) in [6.07, 6.45) is 1.08. The van der Waals surface area contributed by atoms with Crippen LogP contribution in [-0.2, 0) is 32.6 Å². The highest BCUT2D eigenvalue weighted by molar-refractivity contribution is 7.92. The first-order valence-corrected chi connectivity index (χ1v) is 15.5. The molecule has 3 aromatic rings. The molecule has 220 valence electrons. The number of amides is 2. The van der Waals surface area contributed by atoms with Crippen LogP contribution in [0.15, 0.2) is 66.7 Å². The fraction of sp³-hybridized carbons (Fsp3) is 0.310. The molecule has 0 saturated heterocycles. The van der Waals surface area contributed by atoms with Gasteiger partial charge in [-0.15, -0.1) is 0 Å². The Morgan fingerprint density at radius 2 is 1.68 bits per heavy atom. The third kappa shape index (κ3) is 9.14. The zero-order chi connectivity index (χ0) is 30.2. The van der Waals surface area contributed by atoms with Crippen LogP contribution in [0.25, 0.3) is 0 Å². The third-order valence-electron chi connectivity index (χ3n) is 6.32. The van der Waals surface area contributed by atoms with Crippen molar-refractivity contribution in [2.24, 2.45) is 0 Å². The molecule has 7 nitrogen and oxygen atoms in total. The zero-order valence-electron chi connectivity index (χ0n) is 22.6. The van der Waals surface area contributed by atoms with Crippen LogP contribution in [0, 0.1) is 11.6 Å². The molecule has 3 aromatic carbocycles. The Morgan fingerprint density at radius 1 is 0.976 bits per heavy atom. The predicted molar refractivity (Wildman–Crippen MR) is 157 cm³/mol. The largest absolute Gasteiger partial charge is 0.355 e. The van der Waals surface area contributed by atoms with Crippen LogP contribution < -0.4 is 9.62 Å². The van der Waals surface area contributed by atoms with Gasteiger partial charge in [-0.25, -0.2) is 17.2 Å². The van der Waals surface area contributed by atoms with E-state index in [1.54, 1.807) is 25.1 Å². The van der Waals surface area contributed by atoms with Crippen molar-refractivity contribution < 1.29 is 26.8 Å². The van der Waals surface area contributed by atoms with Gasteiger partial charge in [0, 0.05) is 48.6 Å². The van der Waals surface area contributed by atoms with E-state index in [0.717, 1.165) is 34.3 Å². The monoisotopic (exact) mass is 625 g/mol. The van der Waals surface area contributed by atoms with Gasteiger partial charge >= 0.3 is 0 Å². The first-order chi connectivity index (χ1) is 19.4. The van der Waals surface area contributed by atoms with Crippen LogP contribution in [0.4, 0.5) is 14.5 Å². The quantitative estimate of drug-likeness (QED) is 0.268. The highest BCUT2D eigenvalue weighted by Crippen LogP contribution is 2.25. The predicted octanol–water partition coefficient (Wildman–Crippen LogP) is 5.59. The van der Waals surface area contributed by atoms with Gasteiger partial charge in [-0.2, -0.15) is 0 Å². The molecule has 0 heterocycles. The van der Waals surface area contributed by atoms with Crippen LogP contribution in [0.3, 0.4) is 0 Å². The van der Waals surface area contributed by atoms with E-state index >= 15 is 0 Å². The minimum absolute atomic E-state index is 0.00241. The number of rotatable bonds is 13. The smallest absolute Gasteiger partial charge is 0.243 e. The average molecular weight is 627 g/mol.